The lowest BCUT2D eigenvalue weighted by molar-refractivity contribution is 0.117. The summed E-state index contributed by atoms with van der Waals surface area (Å²) in [4.78, 5) is 12.2. The van der Waals surface area contributed by atoms with Crippen molar-refractivity contribution >= 4 is 27.8 Å². The number of thioether (sulfide) groups is 1. The minimum absolute atomic E-state index is 0.242. The third-order valence-corrected chi connectivity index (χ3v) is 6.40. The third kappa shape index (κ3) is 3.54. The molecule has 1 saturated heterocycles. The van der Waals surface area contributed by atoms with Crippen LogP contribution in [0.1, 0.15) is 29.7 Å². The number of furan rings is 1. The molecular formula is C22H23N3O2S. The Bertz CT molecular complexity index is 1010. The molecule has 0 radical (unpaired) electrons. The first-order valence-electron chi connectivity index (χ1n) is 9.77. The van der Waals surface area contributed by atoms with Crippen LogP contribution < -0.4 is 0 Å². The van der Waals surface area contributed by atoms with E-state index in [1.54, 1.807) is 18.0 Å². The zero-order chi connectivity index (χ0) is 18.9. The molecular weight excluding hydrogens is 370 g/mol. The van der Waals surface area contributed by atoms with Crippen molar-refractivity contribution in [2.75, 3.05) is 13.2 Å². The van der Waals surface area contributed by atoms with E-state index in [9.17, 15) is 0 Å². The van der Waals surface area contributed by atoms with Gasteiger partial charge in [0.1, 0.15) is 10.8 Å². The van der Waals surface area contributed by atoms with E-state index in [1.807, 2.05) is 12.1 Å². The molecule has 5 rings (SSSR count). The number of benzene rings is 1. The second kappa shape index (κ2) is 7.60. The summed E-state index contributed by atoms with van der Waals surface area (Å²) < 4.78 is 11.3. The van der Waals surface area contributed by atoms with E-state index in [4.69, 9.17) is 19.1 Å². The number of aromatic nitrogens is 1. The van der Waals surface area contributed by atoms with Crippen molar-refractivity contribution in [1.29, 1.82) is 0 Å². The Labute approximate surface area is 168 Å². The zero-order valence-corrected chi connectivity index (χ0v) is 16.7. The second-order valence-corrected chi connectivity index (χ2v) is 8.35. The summed E-state index contributed by atoms with van der Waals surface area (Å²) in [5, 5.41) is 3.25. The summed E-state index contributed by atoms with van der Waals surface area (Å²) in [6, 6.07) is 12.6. The minimum atomic E-state index is 0.242. The van der Waals surface area contributed by atoms with E-state index in [1.165, 1.54) is 16.5 Å². The molecule has 3 aromatic rings. The van der Waals surface area contributed by atoms with Crippen molar-refractivity contribution in [1.82, 2.24) is 9.88 Å². The molecule has 2 aromatic heterocycles. The van der Waals surface area contributed by atoms with E-state index >= 15 is 0 Å². The van der Waals surface area contributed by atoms with Gasteiger partial charge >= 0.3 is 0 Å². The van der Waals surface area contributed by atoms with E-state index in [-0.39, 0.29) is 6.10 Å². The smallest absolute Gasteiger partial charge is 0.166 e. The van der Waals surface area contributed by atoms with Gasteiger partial charge in [0.2, 0.25) is 0 Å². The predicted octanol–water partition coefficient (Wildman–Crippen LogP) is 4.78. The third-order valence-electron chi connectivity index (χ3n) is 5.29. The van der Waals surface area contributed by atoms with Crippen LogP contribution in [0.25, 0.3) is 10.9 Å². The molecule has 6 heteroatoms. The summed E-state index contributed by atoms with van der Waals surface area (Å²) in [6.45, 7) is 5.16. The molecule has 0 aliphatic carbocycles. The molecule has 1 aromatic carbocycles. The fraction of sp³-hybridized carbons (Fsp3) is 0.364. The number of ether oxygens (including phenoxy) is 1. The monoisotopic (exact) mass is 393 g/mol. The Balaban J connectivity index is 1.49. The fourth-order valence-electron chi connectivity index (χ4n) is 3.81. The fourth-order valence-corrected chi connectivity index (χ4v) is 4.78. The van der Waals surface area contributed by atoms with Crippen molar-refractivity contribution in [3.63, 3.8) is 0 Å². The molecule has 0 bridgehead atoms. The van der Waals surface area contributed by atoms with Crippen molar-refractivity contribution in [3.05, 3.63) is 59.5 Å². The normalized spacial score (nSPS) is 20.8. The maximum Gasteiger partial charge on any atom is 0.166 e. The van der Waals surface area contributed by atoms with Gasteiger partial charge in [0.25, 0.3) is 0 Å². The van der Waals surface area contributed by atoms with E-state index in [2.05, 4.69) is 36.1 Å². The van der Waals surface area contributed by atoms with Crippen LogP contribution in [0.2, 0.25) is 0 Å². The van der Waals surface area contributed by atoms with Crippen LogP contribution in [0.4, 0.5) is 0 Å². The number of pyridine rings is 1. The van der Waals surface area contributed by atoms with Gasteiger partial charge in [0.15, 0.2) is 5.17 Å². The minimum Gasteiger partial charge on any atom is -0.467 e. The van der Waals surface area contributed by atoms with Crippen molar-refractivity contribution in [2.24, 2.45) is 4.99 Å². The molecule has 5 nitrogen and oxygen atoms in total. The van der Waals surface area contributed by atoms with E-state index in [0.717, 1.165) is 47.5 Å². The quantitative estimate of drug-likeness (QED) is 0.638. The van der Waals surface area contributed by atoms with Crippen LogP contribution in [-0.2, 0) is 17.8 Å². The maximum absolute atomic E-state index is 5.76. The molecule has 0 spiro atoms. The summed E-state index contributed by atoms with van der Waals surface area (Å²) in [7, 11) is 0. The lowest BCUT2D eigenvalue weighted by Gasteiger charge is -2.30. The number of para-hydroxylation sites is 1. The Morgan fingerprint density at radius 3 is 3.07 bits per heavy atom. The van der Waals surface area contributed by atoms with E-state index < -0.39 is 0 Å². The highest BCUT2D eigenvalue weighted by Crippen LogP contribution is 2.34. The first kappa shape index (κ1) is 17.8. The van der Waals surface area contributed by atoms with Gasteiger partial charge in [0, 0.05) is 24.1 Å². The Morgan fingerprint density at radius 1 is 1.29 bits per heavy atom. The molecule has 2 aliphatic heterocycles. The first-order chi connectivity index (χ1) is 13.8. The van der Waals surface area contributed by atoms with Crippen LogP contribution >= 0.6 is 11.8 Å². The number of aryl methyl sites for hydroxylation is 1. The molecule has 1 atom stereocenters. The number of nitrogens with zero attached hydrogens (tertiary/aromatic N) is 3. The molecule has 0 amide bonds. The van der Waals surface area contributed by atoms with Gasteiger partial charge in [-0.2, -0.15) is 0 Å². The van der Waals surface area contributed by atoms with Crippen LogP contribution in [-0.4, -0.2) is 34.3 Å². The van der Waals surface area contributed by atoms with Crippen LogP contribution in [0.15, 0.2) is 57.1 Å². The number of hydrogen-bond donors (Lipinski definition) is 0. The van der Waals surface area contributed by atoms with Gasteiger partial charge in [-0.05, 0) is 55.3 Å². The SMILES string of the molecule is Cc1cccc2cc3c(nc12)SC(=NC[C@@H]1CCCO1)N(Cc1ccco1)C3. The van der Waals surface area contributed by atoms with Gasteiger partial charge < -0.3 is 14.1 Å². The van der Waals surface area contributed by atoms with Crippen LogP contribution in [0.5, 0.6) is 0 Å². The van der Waals surface area contributed by atoms with Crippen LogP contribution in [0.3, 0.4) is 0 Å². The topological polar surface area (TPSA) is 50.9 Å². The van der Waals surface area contributed by atoms with Gasteiger partial charge in [-0.1, -0.05) is 18.2 Å². The maximum atomic E-state index is 5.76. The highest BCUT2D eigenvalue weighted by Gasteiger charge is 2.26. The lowest BCUT2D eigenvalue weighted by atomic mass is 10.1. The van der Waals surface area contributed by atoms with Crippen molar-refractivity contribution in [3.8, 4) is 0 Å². The Hall–Kier alpha value is -2.31. The molecule has 0 unspecified atom stereocenters. The summed E-state index contributed by atoms with van der Waals surface area (Å²) in [5.74, 6) is 0.943. The van der Waals surface area contributed by atoms with Gasteiger partial charge in [-0.3, -0.25) is 4.99 Å². The number of hydrogen-bond acceptors (Lipinski definition) is 5. The zero-order valence-electron chi connectivity index (χ0n) is 15.9. The molecule has 2 aliphatic rings. The number of rotatable bonds is 4. The van der Waals surface area contributed by atoms with Crippen LogP contribution in [0, 0.1) is 6.92 Å². The molecule has 4 heterocycles. The lowest BCUT2D eigenvalue weighted by Crippen LogP contribution is -2.32. The van der Waals surface area contributed by atoms with Gasteiger partial charge in [-0.25, -0.2) is 4.98 Å². The average Bonchev–Trinajstić information content (AvgIpc) is 3.39. The molecule has 0 saturated carbocycles. The molecule has 28 heavy (non-hydrogen) atoms. The molecule has 144 valence electrons. The highest BCUT2D eigenvalue weighted by molar-refractivity contribution is 8.13. The highest BCUT2D eigenvalue weighted by atomic mass is 32.2. The van der Waals surface area contributed by atoms with E-state index in [0.29, 0.717) is 13.1 Å². The Kier molecular flexibility index (Phi) is 4.82. The first-order valence-corrected chi connectivity index (χ1v) is 10.6. The summed E-state index contributed by atoms with van der Waals surface area (Å²) in [5.41, 5.74) is 3.52. The largest absolute Gasteiger partial charge is 0.467 e. The standard InChI is InChI=1S/C22H23N3O2S/c1-15-5-2-6-16-11-17-13-25(14-19-8-4-10-27-19)22(28-21(17)24-20(15)16)23-12-18-7-3-9-26-18/h2,4-6,8,10-11,18H,3,7,9,12-14H2,1H3/t18-/m0/s1. The number of fused-ring (bicyclic) bond motifs is 2. The predicted molar refractivity (Wildman–Crippen MR) is 112 cm³/mol. The van der Waals surface area contributed by atoms with Gasteiger partial charge in [0.05, 0.1) is 31.0 Å². The van der Waals surface area contributed by atoms with Crippen molar-refractivity contribution < 1.29 is 9.15 Å². The summed E-state index contributed by atoms with van der Waals surface area (Å²) >= 11 is 1.66. The van der Waals surface area contributed by atoms with Crippen molar-refractivity contribution in [2.45, 2.75) is 44.0 Å². The van der Waals surface area contributed by atoms with Gasteiger partial charge in [-0.15, -0.1) is 0 Å². The summed E-state index contributed by atoms with van der Waals surface area (Å²) in [6.07, 6.45) is 4.19. The number of aliphatic imine (C=N–C) groups is 1. The molecule has 1 fully saturated rings. The average molecular weight is 394 g/mol. The second-order valence-electron chi connectivity index (χ2n) is 7.40. The molecule has 0 N–H and O–H groups in total. The number of amidine groups is 1. The Morgan fingerprint density at radius 2 is 2.25 bits per heavy atom.